The molecule has 1 N–H and O–H groups in total. The van der Waals surface area contributed by atoms with Gasteiger partial charge in [-0.15, -0.1) is 0 Å². The third kappa shape index (κ3) is 3.16. The molecule has 1 unspecified atom stereocenters. The number of rotatable bonds is 4. The van der Waals surface area contributed by atoms with E-state index in [1.165, 1.54) is 5.56 Å². The molecule has 19 heavy (non-hydrogen) atoms. The molecule has 0 radical (unpaired) electrons. The average molecular weight is 260 g/mol. The van der Waals surface area contributed by atoms with Crippen LogP contribution < -0.4 is 5.32 Å². The van der Waals surface area contributed by atoms with Gasteiger partial charge in [-0.2, -0.15) is 0 Å². The van der Waals surface area contributed by atoms with E-state index < -0.39 is 0 Å². The zero-order valence-electron chi connectivity index (χ0n) is 12.2. The van der Waals surface area contributed by atoms with Crippen LogP contribution in [0.1, 0.15) is 30.9 Å². The molecule has 1 aliphatic rings. The number of amides is 1. The van der Waals surface area contributed by atoms with Gasteiger partial charge in [-0.3, -0.25) is 4.79 Å². The minimum Gasteiger partial charge on any atom is -0.336 e. The molecule has 0 aromatic heterocycles. The number of benzene rings is 1. The Kier molecular flexibility index (Phi) is 4.25. The number of likely N-dealkylation sites (tertiary alicyclic amines) is 1. The van der Waals surface area contributed by atoms with Gasteiger partial charge in [0.15, 0.2) is 0 Å². The minimum absolute atomic E-state index is 0.0173. The Bertz CT molecular complexity index is 441. The quantitative estimate of drug-likeness (QED) is 0.899. The Labute approximate surface area is 116 Å². The number of hydrogen-bond donors (Lipinski definition) is 1. The lowest BCUT2D eigenvalue weighted by Crippen LogP contribution is -2.51. The molecule has 3 heteroatoms. The summed E-state index contributed by atoms with van der Waals surface area (Å²) in [6, 6.07) is 8.25. The zero-order chi connectivity index (χ0) is 13.9. The van der Waals surface area contributed by atoms with E-state index in [0.717, 1.165) is 31.5 Å². The fourth-order valence-corrected chi connectivity index (χ4v) is 2.99. The Balaban J connectivity index is 2.05. The van der Waals surface area contributed by atoms with Crippen LogP contribution >= 0.6 is 0 Å². The molecule has 1 fully saturated rings. The van der Waals surface area contributed by atoms with Gasteiger partial charge in [0.1, 0.15) is 0 Å². The molecule has 0 spiro atoms. The monoisotopic (exact) mass is 260 g/mol. The Morgan fingerprint density at radius 1 is 1.37 bits per heavy atom. The number of nitrogens with one attached hydrogen (secondary N) is 1. The van der Waals surface area contributed by atoms with Crippen LogP contribution in [0, 0.1) is 6.92 Å². The molecule has 1 aromatic carbocycles. The summed E-state index contributed by atoms with van der Waals surface area (Å²) in [5.74, 6) is 0.249. The normalized spacial score (nSPS) is 22.8. The number of aryl methyl sites for hydroxylation is 1. The summed E-state index contributed by atoms with van der Waals surface area (Å²) in [5.41, 5.74) is 2.32. The van der Waals surface area contributed by atoms with Crippen LogP contribution in [0.4, 0.5) is 0 Å². The lowest BCUT2D eigenvalue weighted by Gasteiger charge is -2.35. The van der Waals surface area contributed by atoms with E-state index in [2.05, 4.69) is 48.3 Å². The predicted molar refractivity (Wildman–Crippen MR) is 78.2 cm³/mol. The SMILES string of the molecule is CNCC1(C)CCCN1C(=O)Cc1ccc(C)cc1. The molecule has 2 rings (SSSR count). The molecule has 0 bridgehead atoms. The summed E-state index contributed by atoms with van der Waals surface area (Å²) in [6.45, 7) is 6.01. The number of nitrogens with zero attached hydrogens (tertiary/aromatic N) is 1. The average Bonchev–Trinajstić information content (AvgIpc) is 2.74. The minimum atomic E-state index is -0.0173. The maximum Gasteiger partial charge on any atom is 0.227 e. The van der Waals surface area contributed by atoms with Crippen molar-refractivity contribution in [3.63, 3.8) is 0 Å². The highest BCUT2D eigenvalue weighted by atomic mass is 16.2. The standard InChI is InChI=1S/C16H24N2O/c1-13-5-7-14(8-6-13)11-15(19)18-10-4-9-16(18,2)12-17-3/h5-8,17H,4,9-12H2,1-3H3. The lowest BCUT2D eigenvalue weighted by molar-refractivity contribution is -0.133. The van der Waals surface area contributed by atoms with Gasteiger partial charge in [0.2, 0.25) is 5.91 Å². The maximum atomic E-state index is 12.5. The molecular formula is C16H24N2O. The first-order valence-corrected chi connectivity index (χ1v) is 7.06. The largest absolute Gasteiger partial charge is 0.336 e. The highest BCUT2D eigenvalue weighted by Gasteiger charge is 2.38. The van der Waals surface area contributed by atoms with Crippen LogP contribution in [0.2, 0.25) is 0 Å². The number of carbonyl (C=O) groups is 1. The van der Waals surface area contributed by atoms with Crippen LogP contribution in [0.25, 0.3) is 0 Å². The van der Waals surface area contributed by atoms with Crippen LogP contribution in [-0.4, -0.2) is 36.5 Å². The highest BCUT2D eigenvalue weighted by Crippen LogP contribution is 2.29. The third-order valence-corrected chi connectivity index (χ3v) is 4.08. The van der Waals surface area contributed by atoms with Crippen molar-refractivity contribution in [1.82, 2.24) is 10.2 Å². The maximum absolute atomic E-state index is 12.5. The second-order valence-electron chi connectivity index (χ2n) is 5.84. The molecule has 1 atom stereocenters. The van der Waals surface area contributed by atoms with Crippen LogP contribution in [-0.2, 0) is 11.2 Å². The highest BCUT2D eigenvalue weighted by molar-refractivity contribution is 5.80. The second kappa shape index (κ2) is 5.74. The molecule has 3 nitrogen and oxygen atoms in total. The van der Waals surface area contributed by atoms with Gasteiger partial charge in [0, 0.05) is 13.1 Å². The fraction of sp³-hybridized carbons (Fsp3) is 0.562. The first-order chi connectivity index (χ1) is 9.05. The predicted octanol–water partition coefficient (Wildman–Crippen LogP) is 2.14. The van der Waals surface area contributed by atoms with E-state index in [9.17, 15) is 4.79 Å². The molecule has 1 saturated heterocycles. The first kappa shape index (κ1) is 14.1. The fourth-order valence-electron chi connectivity index (χ4n) is 2.99. The van der Waals surface area contributed by atoms with E-state index >= 15 is 0 Å². The summed E-state index contributed by atoms with van der Waals surface area (Å²) in [5, 5.41) is 3.21. The van der Waals surface area contributed by atoms with Crippen molar-refractivity contribution >= 4 is 5.91 Å². The van der Waals surface area contributed by atoms with E-state index in [1.54, 1.807) is 0 Å². The van der Waals surface area contributed by atoms with Crippen molar-refractivity contribution in [2.24, 2.45) is 0 Å². The Morgan fingerprint density at radius 3 is 2.68 bits per heavy atom. The molecule has 104 valence electrons. The molecule has 1 heterocycles. The van der Waals surface area contributed by atoms with Crippen molar-refractivity contribution < 1.29 is 4.79 Å². The van der Waals surface area contributed by atoms with Crippen LogP contribution in [0.15, 0.2) is 24.3 Å². The van der Waals surface area contributed by atoms with Crippen molar-refractivity contribution in [1.29, 1.82) is 0 Å². The van der Waals surface area contributed by atoms with E-state index in [4.69, 9.17) is 0 Å². The molecule has 0 saturated carbocycles. The smallest absolute Gasteiger partial charge is 0.227 e. The van der Waals surface area contributed by atoms with Crippen molar-refractivity contribution in [2.75, 3.05) is 20.1 Å². The third-order valence-electron chi connectivity index (χ3n) is 4.08. The van der Waals surface area contributed by atoms with Gasteiger partial charge in [-0.1, -0.05) is 29.8 Å². The number of carbonyl (C=O) groups excluding carboxylic acids is 1. The van der Waals surface area contributed by atoms with Gasteiger partial charge in [0.05, 0.1) is 12.0 Å². The molecule has 1 aromatic rings. The molecule has 0 aliphatic carbocycles. The second-order valence-corrected chi connectivity index (χ2v) is 5.84. The summed E-state index contributed by atoms with van der Waals surface area (Å²) < 4.78 is 0. The van der Waals surface area contributed by atoms with E-state index in [-0.39, 0.29) is 11.4 Å². The molecule has 1 aliphatic heterocycles. The van der Waals surface area contributed by atoms with Gasteiger partial charge >= 0.3 is 0 Å². The van der Waals surface area contributed by atoms with Crippen molar-refractivity contribution in [3.05, 3.63) is 35.4 Å². The van der Waals surface area contributed by atoms with Crippen molar-refractivity contribution in [3.8, 4) is 0 Å². The van der Waals surface area contributed by atoms with Gasteiger partial charge in [-0.25, -0.2) is 0 Å². The molecule has 1 amide bonds. The Hall–Kier alpha value is -1.35. The van der Waals surface area contributed by atoms with E-state index in [0.29, 0.717) is 6.42 Å². The zero-order valence-corrected chi connectivity index (χ0v) is 12.2. The Morgan fingerprint density at radius 2 is 2.05 bits per heavy atom. The number of likely N-dealkylation sites (N-methyl/N-ethyl adjacent to an activating group) is 1. The summed E-state index contributed by atoms with van der Waals surface area (Å²) >= 11 is 0. The van der Waals surface area contributed by atoms with Gasteiger partial charge < -0.3 is 10.2 Å². The topological polar surface area (TPSA) is 32.3 Å². The summed E-state index contributed by atoms with van der Waals surface area (Å²) in [4.78, 5) is 14.5. The lowest BCUT2D eigenvalue weighted by atomic mass is 9.98. The summed E-state index contributed by atoms with van der Waals surface area (Å²) in [7, 11) is 1.95. The van der Waals surface area contributed by atoms with Gasteiger partial charge in [0.25, 0.3) is 0 Å². The van der Waals surface area contributed by atoms with Gasteiger partial charge in [-0.05, 0) is 39.3 Å². The van der Waals surface area contributed by atoms with E-state index in [1.807, 2.05) is 7.05 Å². The first-order valence-electron chi connectivity index (χ1n) is 7.06. The van der Waals surface area contributed by atoms with Crippen LogP contribution in [0.5, 0.6) is 0 Å². The van der Waals surface area contributed by atoms with Crippen molar-refractivity contribution in [2.45, 2.75) is 38.6 Å². The number of hydrogen-bond acceptors (Lipinski definition) is 2. The van der Waals surface area contributed by atoms with Crippen LogP contribution in [0.3, 0.4) is 0 Å². The molecular weight excluding hydrogens is 236 g/mol. The summed E-state index contributed by atoms with van der Waals surface area (Å²) in [6.07, 6.45) is 2.71.